The van der Waals surface area contributed by atoms with E-state index in [0.29, 0.717) is 6.10 Å². The summed E-state index contributed by atoms with van der Waals surface area (Å²) < 4.78 is 10.6. The molecule has 21 heavy (non-hydrogen) atoms. The first-order chi connectivity index (χ1) is 9.76. The predicted molar refractivity (Wildman–Crippen MR) is 97.7 cm³/mol. The van der Waals surface area contributed by atoms with E-state index in [1.54, 1.807) is 7.11 Å². The summed E-state index contributed by atoms with van der Waals surface area (Å²) in [6.45, 7) is 8.13. The van der Waals surface area contributed by atoms with Crippen LogP contribution in [-0.4, -0.2) is 77.1 Å². The molecule has 1 aliphatic heterocycles. The minimum Gasteiger partial charge on any atom is -0.383 e. The summed E-state index contributed by atoms with van der Waals surface area (Å²) in [5, 5.41) is 6.62. The van der Waals surface area contributed by atoms with E-state index in [4.69, 9.17) is 9.47 Å². The van der Waals surface area contributed by atoms with Crippen molar-refractivity contribution in [1.29, 1.82) is 0 Å². The Labute approximate surface area is 146 Å². The predicted octanol–water partition coefficient (Wildman–Crippen LogP) is 0.917. The first-order valence-electron chi connectivity index (χ1n) is 7.57. The van der Waals surface area contributed by atoms with Gasteiger partial charge in [0.15, 0.2) is 5.96 Å². The third-order valence-corrected chi connectivity index (χ3v) is 3.28. The number of ether oxygens (including phenoxy) is 2. The van der Waals surface area contributed by atoms with Crippen LogP contribution in [0.25, 0.3) is 0 Å². The zero-order valence-corrected chi connectivity index (χ0v) is 15.9. The molecule has 0 radical (unpaired) electrons. The van der Waals surface area contributed by atoms with Crippen LogP contribution in [-0.2, 0) is 9.47 Å². The first kappa shape index (κ1) is 20.9. The van der Waals surface area contributed by atoms with Gasteiger partial charge in [-0.15, -0.1) is 24.0 Å². The van der Waals surface area contributed by atoms with Crippen LogP contribution < -0.4 is 10.6 Å². The van der Waals surface area contributed by atoms with Crippen LogP contribution in [0.3, 0.4) is 0 Å². The number of rotatable bonds is 9. The van der Waals surface area contributed by atoms with Gasteiger partial charge in [0, 0.05) is 39.9 Å². The molecule has 1 heterocycles. The van der Waals surface area contributed by atoms with Gasteiger partial charge in [-0.25, -0.2) is 0 Å². The monoisotopic (exact) mass is 414 g/mol. The molecule has 0 spiro atoms. The first-order valence-corrected chi connectivity index (χ1v) is 7.57. The Hall–Kier alpha value is -0.120. The van der Waals surface area contributed by atoms with E-state index >= 15 is 0 Å². The summed E-state index contributed by atoms with van der Waals surface area (Å²) >= 11 is 0. The highest BCUT2D eigenvalue weighted by molar-refractivity contribution is 14.0. The normalized spacial score (nSPS) is 18.7. The molecule has 0 aromatic heterocycles. The maximum Gasteiger partial charge on any atom is 0.191 e. The Balaban J connectivity index is 0.00000400. The van der Waals surface area contributed by atoms with Crippen LogP contribution in [0.15, 0.2) is 4.99 Å². The SMILES string of the molecule is CCNC(=NCC1CCCO1)NCCN(C)CCOC.I. The second-order valence-electron chi connectivity index (χ2n) is 5.08. The molecule has 1 saturated heterocycles. The lowest BCUT2D eigenvalue weighted by Gasteiger charge is -2.18. The van der Waals surface area contributed by atoms with E-state index < -0.39 is 0 Å². The molecule has 0 amide bonds. The Kier molecular flexibility index (Phi) is 13.5. The summed E-state index contributed by atoms with van der Waals surface area (Å²) in [5.41, 5.74) is 0. The Morgan fingerprint density at radius 1 is 1.38 bits per heavy atom. The lowest BCUT2D eigenvalue weighted by molar-refractivity contribution is 0.117. The standard InChI is InChI=1S/C14H30N4O2.HI/c1-4-15-14(17-12-13-6-5-10-20-13)16-7-8-18(2)9-11-19-3;/h13H,4-12H2,1-3H3,(H2,15,16,17);1H. The summed E-state index contributed by atoms with van der Waals surface area (Å²) in [5.74, 6) is 0.878. The molecule has 2 N–H and O–H groups in total. The van der Waals surface area contributed by atoms with E-state index in [1.165, 1.54) is 0 Å². The van der Waals surface area contributed by atoms with Crippen molar-refractivity contribution in [3.05, 3.63) is 0 Å². The maximum atomic E-state index is 5.58. The number of likely N-dealkylation sites (N-methyl/N-ethyl adjacent to an activating group) is 1. The molecule has 1 aliphatic rings. The Bertz CT molecular complexity index is 274. The average molecular weight is 414 g/mol. The molecule has 0 aliphatic carbocycles. The van der Waals surface area contributed by atoms with E-state index in [9.17, 15) is 0 Å². The quantitative estimate of drug-likeness (QED) is 0.334. The van der Waals surface area contributed by atoms with Gasteiger partial charge in [0.1, 0.15) is 0 Å². The van der Waals surface area contributed by atoms with Crippen LogP contribution in [0.5, 0.6) is 0 Å². The van der Waals surface area contributed by atoms with Crippen molar-refractivity contribution < 1.29 is 9.47 Å². The van der Waals surface area contributed by atoms with Gasteiger partial charge in [-0.2, -0.15) is 0 Å². The van der Waals surface area contributed by atoms with Crippen molar-refractivity contribution in [3.8, 4) is 0 Å². The highest BCUT2D eigenvalue weighted by atomic mass is 127. The number of halogens is 1. The van der Waals surface area contributed by atoms with Crippen molar-refractivity contribution in [2.45, 2.75) is 25.9 Å². The lowest BCUT2D eigenvalue weighted by Crippen LogP contribution is -2.41. The van der Waals surface area contributed by atoms with Crippen molar-refractivity contribution in [2.24, 2.45) is 4.99 Å². The molecular formula is C14H31IN4O2. The highest BCUT2D eigenvalue weighted by Crippen LogP contribution is 2.11. The number of guanidine groups is 1. The summed E-state index contributed by atoms with van der Waals surface area (Å²) in [7, 11) is 3.82. The molecule has 1 rings (SSSR count). The van der Waals surface area contributed by atoms with Crippen LogP contribution in [0.1, 0.15) is 19.8 Å². The zero-order valence-electron chi connectivity index (χ0n) is 13.6. The van der Waals surface area contributed by atoms with Crippen molar-refractivity contribution in [3.63, 3.8) is 0 Å². The fourth-order valence-corrected chi connectivity index (χ4v) is 2.05. The lowest BCUT2D eigenvalue weighted by atomic mass is 10.2. The zero-order chi connectivity index (χ0) is 14.6. The molecule has 126 valence electrons. The van der Waals surface area contributed by atoms with Gasteiger partial charge in [0.25, 0.3) is 0 Å². The fourth-order valence-electron chi connectivity index (χ4n) is 2.05. The number of nitrogens with one attached hydrogen (secondary N) is 2. The van der Waals surface area contributed by atoms with Crippen LogP contribution >= 0.6 is 24.0 Å². The van der Waals surface area contributed by atoms with Gasteiger partial charge < -0.3 is 25.0 Å². The van der Waals surface area contributed by atoms with E-state index in [2.05, 4.69) is 34.5 Å². The minimum absolute atomic E-state index is 0. The minimum atomic E-state index is 0. The topological polar surface area (TPSA) is 58.1 Å². The molecule has 6 nitrogen and oxygen atoms in total. The van der Waals surface area contributed by atoms with Crippen molar-refractivity contribution >= 4 is 29.9 Å². The average Bonchev–Trinajstić information content (AvgIpc) is 2.95. The molecule has 1 atom stereocenters. The maximum absolute atomic E-state index is 5.58. The largest absolute Gasteiger partial charge is 0.383 e. The molecule has 0 bridgehead atoms. The van der Waals surface area contributed by atoms with Crippen molar-refractivity contribution in [2.75, 3.05) is 60.1 Å². The smallest absolute Gasteiger partial charge is 0.191 e. The molecule has 0 aromatic carbocycles. The highest BCUT2D eigenvalue weighted by Gasteiger charge is 2.14. The fraction of sp³-hybridized carbons (Fsp3) is 0.929. The molecule has 0 aromatic rings. The number of hydrogen-bond donors (Lipinski definition) is 2. The van der Waals surface area contributed by atoms with Crippen molar-refractivity contribution in [1.82, 2.24) is 15.5 Å². The molecule has 7 heteroatoms. The van der Waals surface area contributed by atoms with Gasteiger partial charge in [0.2, 0.25) is 0 Å². The summed E-state index contributed by atoms with van der Waals surface area (Å²) in [4.78, 5) is 6.82. The van der Waals surface area contributed by atoms with E-state index in [-0.39, 0.29) is 24.0 Å². The third-order valence-electron chi connectivity index (χ3n) is 3.28. The number of aliphatic imine (C=N–C) groups is 1. The molecule has 1 unspecified atom stereocenters. The summed E-state index contributed by atoms with van der Waals surface area (Å²) in [6.07, 6.45) is 2.59. The second-order valence-corrected chi connectivity index (χ2v) is 5.08. The van der Waals surface area contributed by atoms with E-state index in [0.717, 1.165) is 64.7 Å². The molecule has 0 saturated carbocycles. The van der Waals surface area contributed by atoms with Crippen LogP contribution in [0.2, 0.25) is 0 Å². The van der Waals surface area contributed by atoms with E-state index in [1.807, 2.05) is 0 Å². The van der Waals surface area contributed by atoms with Gasteiger partial charge in [-0.1, -0.05) is 0 Å². The molecular weight excluding hydrogens is 383 g/mol. The second kappa shape index (κ2) is 13.5. The third kappa shape index (κ3) is 10.3. The van der Waals surface area contributed by atoms with Gasteiger partial charge in [0.05, 0.1) is 19.3 Å². The Morgan fingerprint density at radius 2 is 2.19 bits per heavy atom. The van der Waals surface area contributed by atoms with Gasteiger partial charge in [-0.05, 0) is 26.8 Å². The van der Waals surface area contributed by atoms with Crippen LogP contribution in [0.4, 0.5) is 0 Å². The van der Waals surface area contributed by atoms with Gasteiger partial charge >= 0.3 is 0 Å². The Morgan fingerprint density at radius 3 is 2.81 bits per heavy atom. The molecule has 1 fully saturated rings. The van der Waals surface area contributed by atoms with Crippen LogP contribution in [0, 0.1) is 0 Å². The van der Waals surface area contributed by atoms with Gasteiger partial charge in [-0.3, -0.25) is 4.99 Å². The number of hydrogen-bond acceptors (Lipinski definition) is 4. The summed E-state index contributed by atoms with van der Waals surface area (Å²) in [6, 6.07) is 0. The number of nitrogens with zero attached hydrogens (tertiary/aromatic N) is 2. The number of methoxy groups -OCH3 is 1.